The first-order valence-electron chi connectivity index (χ1n) is 8.43. The number of hydrogen-bond donors (Lipinski definition) is 2. The number of nitrogens with one attached hydrogen (secondary N) is 2. The number of halogens is 1. The third-order valence-electron chi connectivity index (χ3n) is 4.01. The fourth-order valence-electron chi connectivity index (χ4n) is 2.50. The maximum Gasteiger partial charge on any atom is 0.224 e. The second-order valence-electron chi connectivity index (χ2n) is 6.48. The molecular weight excluding hydrogens is 338 g/mol. The summed E-state index contributed by atoms with van der Waals surface area (Å²) >= 11 is 6.12. The van der Waals surface area contributed by atoms with Gasteiger partial charge in [-0.1, -0.05) is 11.6 Å². The Morgan fingerprint density at radius 2 is 2.04 bits per heavy atom. The Bertz CT molecular complexity index is 733. The number of aromatic nitrogens is 2. The van der Waals surface area contributed by atoms with Crippen molar-refractivity contribution in [3.63, 3.8) is 0 Å². The molecule has 1 saturated carbocycles. The number of benzene rings is 1. The lowest BCUT2D eigenvalue weighted by Gasteiger charge is -2.14. The predicted molar refractivity (Wildman–Crippen MR) is 102 cm³/mol. The van der Waals surface area contributed by atoms with Crippen molar-refractivity contribution in [3.8, 4) is 5.75 Å². The highest BCUT2D eigenvalue weighted by Crippen LogP contribution is 2.40. The number of likely N-dealkylation sites (N-methyl/N-ethyl adjacent to an activating group) is 1. The summed E-state index contributed by atoms with van der Waals surface area (Å²) in [6.45, 7) is 1.71. The molecule has 1 aromatic carbocycles. The van der Waals surface area contributed by atoms with Crippen molar-refractivity contribution in [3.05, 3.63) is 35.0 Å². The normalized spacial score (nSPS) is 13.8. The first-order chi connectivity index (χ1) is 12.0. The van der Waals surface area contributed by atoms with E-state index in [9.17, 15) is 0 Å². The van der Waals surface area contributed by atoms with Gasteiger partial charge < -0.3 is 20.3 Å². The van der Waals surface area contributed by atoms with Gasteiger partial charge in [0.05, 0.1) is 18.5 Å². The van der Waals surface area contributed by atoms with Crippen molar-refractivity contribution in [1.82, 2.24) is 14.9 Å². The van der Waals surface area contributed by atoms with Gasteiger partial charge in [-0.2, -0.15) is 4.98 Å². The van der Waals surface area contributed by atoms with Crippen molar-refractivity contribution in [2.24, 2.45) is 0 Å². The fourth-order valence-corrected chi connectivity index (χ4v) is 2.68. The molecule has 0 amide bonds. The number of rotatable bonds is 8. The van der Waals surface area contributed by atoms with E-state index in [0.717, 1.165) is 36.0 Å². The lowest BCUT2D eigenvalue weighted by Crippen LogP contribution is -2.21. The molecule has 2 N–H and O–H groups in total. The molecule has 6 nitrogen and oxygen atoms in total. The molecule has 0 unspecified atom stereocenters. The summed E-state index contributed by atoms with van der Waals surface area (Å²) in [6, 6.07) is 7.48. The smallest absolute Gasteiger partial charge is 0.224 e. The Morgan fingerprint density at radius 3 is 2.72 bits per heavy atom. The van der Waals surface area contributed by atoms with Gasteiger partial charge in [-0.25, -0.2) is 4.98 Å². The van der Waals surface area contributed by atoms with E-state index in [-0.39, 0.29) is 0 Å². The molecule has 0 saturated heterocycles. The highest BCUT2D eigenvalue weighted by molar-refractivity contribution is 6.31. The average Bonchev–Trinajstić information content (AvgIpc) is 3.39. The Labute approximate surface area is 153 Å². The molecule has 25 heavy (non-hydrogen) atoms. The Morgan fingerprint density at radius 1 is 1.24 bits per heavy atom. The minimum Gasteiger partial charge on any atom is -0.495 e. The minimum atomic E-state index is 0.541. The van der Waals surface area contributed by atoms with E-state index < -0.39 is 0 Å². The summed E-state index contributed by atoms with van der Waals surface area (Å²) in [7, 11) is 5.72. The average molecular weight is 362 g/mol. The van der Waals surface area contributed by atoms with E-state index in [0.29, 0.717) is 16.9 Å². The fraction of sp³-hybridized carbons (Fsp3) is 0.444. The van der Waals surface area contributed by atoms with Crippen LogP contribution in [0.15, 0.2) is 24.3 Å². The SMILES string of the molecule is COc1ccc(Cl)cc1Nc1cc(C2CC2)nc(NCCN(C)C)n1. The van der Waals surface area contributed by atoms with Gasteiger partial charge in [-0.3, -0.25) is 0 Å². The molecule has 0 spiro atoms. The van der Waals surface area contributed by atoms with Crippen LogP contribution in [0.5, 0.6) is 5.75 Å². The lowest BCUT2D eigenvalue weighted by atomic mass is 10.2. The monoisotopic (exact) mass is 361 g/mol. The molecule has 1 fully saturated rings. The Balaban J connectivity index is 1.82. The van der Waals surface area contributed by atoms with Gasteiger partial charge in [0.15, 0.2) is 0 Å². The summed E-state index contributed by atoms with van der Waals surface area (Å²) in [6.07, 6.45) is 2.38. The van der Waals surface area contributed by atoms with Gasteiger partial charge in [0, 0.05) is 30.1 Å². The highest BCUT2D eigenvalue weighted by atomic mass is 35.5. The topological polar surface area (TPSA) is 62.3 Å². The van der Waals surface area contributed by atoms with Gasteiger partial charge in [-0.15, -0.1) is 0 Å². The molecule has 2 aromatic rings. The van der Waals surface area contributed by atoms with E-state index in [1.807, 2.05) is 32.3 Å². The molecular formula is C18H24ClN5O. The molecule has 3 rings (SSSR count). The van der Waals surface area contributed by atoms with Crippen LogP contribution in [-0.4, -0.2) is 49.2 Å². The van der Waals surface area contributed by atoms with Gasteiger partial charge in [0.25, 0.3) is 0 Å². The van der Waals surface area contributed by atoms with Crippen LogP contribution in [0.3, 0.4) is 0 Å². The standard InChI is InChI=1S/C18H24ClN5O/c1-24(2)9-8-20-18-22-14(12-4-5-12)11-17(23-18)21-15-10-13(19)6-7-16(15)25-3/h6-7,10-12H,4-5,8-9H2,1-3H3,(H2,20,21,22,23). The first kappa shape index (κ1) is 17.8. The van der Waals surface area contributed by atoms with E-state index in [2.05, 4.69) is 25.5 Å². The van der Waals surface area contributed by atoms with Gasteiger partial charge in [0.2, 0.25) is 5.95 Å². The van der Waals surface area contributed by atoms with Crippen LogP contribution in [0, 0.1) is 0 Å². The van der Waals surface area contributed by atoms with E-state index in [1.165, 1.54) is 12.8 Å². The molecule has 0 bridgehead atoms. The van der Waals surface area contributed by atoms with Crippen LogP contribution in [0.4, 0.5) is 17.5 Å². The van der Waals surface area contributed by atoms with Crippen LogP contribution in [0.1, 0.15) is 24.5 Å². The molecule has 1 aliphatic carbocycles. The number of nitrogens with zero attached hydrogens (tertiary/aromatic N) is 3. The summed E-state index contributed by atoms with van der Waals surface area (Å²) in [5, 5.41) is 7.26. The quantitative estimate of drug-likeness (QED) is 0.747. The molecule has 0 aliphatic heterocycles. The van der Waals surface area contributed by atoms with Crippen LogP contribution >= 0.6 is 11.6 Å². The molecule has 1 heterocycles. The number of methoxy groups -OCH3 is 1. The van der Waals surface area contributed by atoms with Crippen molar-refractivity contribution in [1.29, 1.82) is 0 Å². The van der Waals surface area contributed by atoms with Crippen molar-refractivity contribution in [2.75, 3.05) is 44.9 Å². The largest absolute Gasteiger partial charge is 0.495 e. The zero-order valence-electron chi connectivity index (χ0n) is 14.8. The summed E-state index contributed by atoms with van der Waals surface area (Å²) in [5.74, 6) is 2.65. The summed E-state index contributed by atoms with van der Waals surface area (Å²) in [4.78, 5) is 11.4. The minimum absolute atomic E-state index is 0.541. The van der Waals surface area contributed by atoms with Gasteiger partial charge in [-0.05, 0) is 45.1 Å². The molecule has 134 valence electrons. The van der Waals surface area contributed by atoms with Crippen LogP contribution in [0.25, 0.3) is 0 Å². The third kappa shape index (κ3) is 4.96. The predicted octanol–water partition coefficient (Wildman–Crippen LogP) is 3.73. The van der Waals surface area contributed by atoms with Gasteiger partial charge >= 0.3 is 0 Å². The zero-order chi connectivity index (χ0) is 17.8. The number of hydrogen-bond acceptors (Lipinski definition) is 6. The van der Waals surface area contributed by atoms with Gasteiger partial charge in [0.1, 0.15) is 11.6 Å². The summed E-state index contributed by atoms with van der Waals surface area (Å²) in [5.41, 5.74) is 1.86. The number of ether oxygens (including phenoxy) is 1. The van der Waals surface area contributed by atoms with E-state index >= 15 is 0 Å². The maximum absolute atomic E-state index is 6.12. The first-order valence-corrected chi connectivity index (χ1v) is 8.81. The molecule has 7 heteroatoms. The van der Waals surface area contributed by atoms with Crippen LogP contribution in [0.2, 0.25) is 5.02 Å². The van der Waals surface area contributed by atoms with Crippen LogP contribution in [-0.2, 0) is 0 Å². The third-order valence-corrected chi connectivity index (χ3v) is 4.24. The van der Waals surface area contributed by atoms with E-state index in [4.69, 9.17) is 16.3 Å². The maximum atomic E-state index is 6.12. The Hall–Kier alpha value is -2.05. The van der Waals surface area contributed by atoms with Crippen molar-refractivity contribution < 1.29 is 4.74 Å². The second-order valence-corrected chi connectivity index (χ2v) is 6.91. The number of anilines is 3. The molecule has 1 aromatic heterocycles. The van der Waals surface area contributed by atoms with E-state index in [1.54, 1.807) is 13.2 Å². The highest BCUT2D eigenvalue weighted by Gasteiger charge is 2.26. The Kier molecular flexibility index (Phi) is 5.60. The summed E-state index contributed by atoms with van der Waals surface area (Å²) < 4.78 is 5.40. The molecule has 1 aliphatic rings. The van der Waals surface area contributed by atoms with Crippen molar-refractivity contribution >= 4 is 29.1 Å². The molecule has 0 radical (unpaired) electrons. The van der Waals surface area contributed by atoms with Crippen LogP contribution < -0.4 is 15.4 Å². The zero-order valence-corrected chi connectivity index (χ0v) is 15.6. The lowest BCUT2D eigenvalue weighted by molar-refractivity contribution is 0.417. The second kappa shape index (κ2) is 7.89. The molecule has 0 atom stereocenters. The van der Waals surface area contributed by atoms with Crippen molar-refractivity contribution in [2.45, 2.75) is 18.8 Å².